The summed E-state index contributed by atoms with van der Waals surface area (Å²) in [7, 11) is 0. The lowest BCUT2D eigenvalue weighted by molar-refractivity contribution is 0.0996. The van der Waals surface area contributed by atoms with Gasteiger partial charge in [-0.25, -0.2) is 0 Å². The summed E-state index contributed by atoms with van der Waals surface area (Å²) in [6, 6.07) is 7.00. The van der Waals surface area contributed by atoms with Crippen molar-refractivity contribution < 1.29 is 10.2 Å². The number of hydrogen-bond acceptors (Lipinski definition) is 4. The molecule has 0 amide bonds. The van der Waals surface area contributed by atoms with Crippen molar-refractivity contribution in [1.29, 1.82) is 0 Å². The van der Waals surface area contributed by atoms with E-state index in [1.807, 2.05) is 0 Å². The molecule has 2 unspecified atom stereocenters. The predicted molar refractivity (Wildman–Crippen MR) is 86.8 cm³/mol. The van der Waals surface area contributed by atoms with Crippen LogP contribution in [0.4, 0.5) is 5.69 Å². The van der Waals surface area contributed by atoms with Gasteiger partial charge in [-0.1, -0.05) is 19.1 Å². The predicted octanol–water partition coefficient (Wildman–Crippen LogP) is 1.85. The Kier molecular flexibility index (Phi) is 6.03. The second kappa shape index (κ2) is 7.78. The minimum Gasteiger partial charge on any atom is -0.394 e. The molecule has 0 saturated heterocycles. The Morgan fingerprint density at radius 1 is 1.38 bits per heavy atom. The van der Waals surface area contributed by atoms with Crippen LogP contribution in [-0.4, -0.2) is 42.6 Å². The van der Waals surface area contributed by atoms with E-state index in [0.29, 0.717) is 12.6 Å². The normalized spacial score (nSPS) is 17.4. The molecule has 0 aliphatic carbocycles. The first-order valence-electron chi connectivity index (χ1n) is 8.05. The van der Waals surface area contributed by atoms with E-state index in [-0.39, 0.29) is 6.61 Å². The van der Waals surface area contributed by atoms with Gasteiger partial charge in [0.2, 0.25) is 0 Å². The number of nitrogens with zero attached hydrogens (tertiary/aromatic N) is 1. The van der Waals surface area contributed by atoms with E-state index in [1.54, 1.807) is 0 Å². The number of aryl methyl sites for hydroxylation is 1. The number of aliphatic hydroxyl groups excluding tert-OH is 2. The molecular formula is C17H28N2O2. The van der Waals surface area contributed by atoms with Crippen molar-refractivity contribution in [3.8, 4) is 0 Å². The zero-order chi connectivity index (χ0) is 15.2. The van der Waals surface area contributed by atoms with Gasteiger partial charge in [-0.05, 0) is 49.9 Å². The number of anilines is 1. The summed E-state index contributed by atoms with van der Waals surface area (Å²) in [6.45, 7) is 6.69. The summed E-state index contributed by atoms with van der Waals surface area (Å²) >= 11 is 0. The van der Waals surface area contributed by atoms with Crippen LogP contribution in [0, 0.1) is 0 Å². The molecule has 0 saturated carbocycles. The average molecular weight is 292 g/mol. The molecule has 3 N–H and O–H groups in total. The second-order valence-corrected chi connectivity index (χ2v) is 5.95. The third kappa shape index (κ3) is 4.19. The molecule has 0 fully saturated rings. The SMILES string of the molecule is CCCNC(C)c1ccc2c(c1)CCCN2CC(O)CO. The molecule has 21 heavy (non-hydrogen) atoms. The highest BCUT2D eigenvalue weighted by Gasteiger charge is 2.20. The number of rotatable bonds is 7. The Balaban J connectivity index is 2.12. The van der Waals surface area contributed by atoms with E-state index in [9.17, 15) is 5.11 Å². The minimum absolute atomic E-state index is 0.179. The van der Waals surface area contributed by atoms with Crippen LogP contribution in [0.3, 0.4) is 0 Å². The molecule has 1 heterocycles. The fourth-order valence-electron chi connectivity index (χ4n) is 2.94. The van der Waals surface area contributed by atoms with Crippen LogP contribution in [0.2, 0.25) is 0 Å². The second-order valence-electron chi connectivity index (χ2n) is 5.95. The van der Waals surface area contributed by atoms with Crippen molar-refractivity contribution in [3.05, 3.63) is 29.3 Å². The van der Waals surface area contributed by atoms with Gasteiger partial charge in [0, 0.05) is 24.8 Å². The molecule has 0 aromatic heterocycles. The third-order valence-electron chi connectivity index (χ3n) is 4.16. The van der Waals surface area contributed by atoms with Crippen LogP contribution in [0.15, 0.2) is 18.2 Å². The van der Waals surface area contributed by atoms with Crippen LogP contribution in [0.1, 0.15) is 43.9 Å². The lowest BCUT2D eigenvalue weighted by Gasteiger charge is -2.33. The van der Waals surface area contributed by atoms with Crippen LogP contribution in [0.25, 0.3) is 0 Å². The molecule has 4 heteroatoms. The summed E-state index contributed by atoms with van der Waals surface area (Å²) in [6.07, 6.45) is 2.67. The Morgan fingerprint density at radius 2 is 2.19 bits per heavy atom. The molecule has 0 spiro atoms. The number of β-amino-alcohol motifs (C(OH)–C–C–N with tert-alkyl or cyclic N) is 1. The van der Waals surface area contributed by atoms with E-state index >= 15 is 0 Å². The average Bonchev–Trinajstić information content (AvgIpc) is 2.52. The monoisotopic (exact) mass is 292 g/mol. The standard InChI is InChI=1S/C17H28N2O2/c1-3-8-18-13(2)14-6-7-17-15(10-14)5-4-9-19(17)11-16(21)12-20/h6-7,10,13,16,18,20-21H,3-5,8-9,11-12H2,1-2H3. The van der Waals surface area contributed by atoms with Crippen molar-refractivity contribution in [2.24, 2.45) is 0 Å². The van der Waals surface area contributed by atoms with Gasteiger partial charge in [-0.15, -0.1) is 0 Å². The Morgan fingerprint density at radius 3 is 2.90 bits per heavy atom. The summed E-state index contributed by atoms with van der Waals surface area (Å²) in [5, 5.41) is 22.2. The van der Waals surface area contributed by atoms with Gasteiger partial charge in [0.1, 0.15) is 0 Å². The first kappa shape index (κ1) is 16.3. The first-order chi connectivity index (χ1) is 10.2. The number of aliphatic hydroxyl groups is 2. The quantitative estimate of drug-likeness (QED) is 0.718. The van der Waals surface area contributed by atoms with Gasteiger partial charge in [-0.3, -0.25) is 0 Å². The Hall–Kier alpha value is -1.10. The van der Waals surface area contributed by atoms with Gasteiger partial charge in [-0.2, -0.15) is 0 Å². The third-order valence-corrected chi connectivity index (χ3v) is 4.16. The van der Waals surface area contributed by atoms with Gasteiger partial charge in [0.25, 0.3) is 0 Å². The van der Waals surface area contributed by atoms with Crippen LogP contribution in [-0.2, 0) is 6.42 Å². The number of hydrogen-bond donors (Lipinski definition) is 3. The molecule has 1 aromatic rings. The fraction of sp³-hybridized carbons (Fsp3) is 0.647. The molecule has 0 bridgehead atoms. The van der Waals surface area contributed by atoms with Gasteiger partial charge < -0.3 is 20.4 Å². The smallest absolute Gasteiger partial charge is 0.0945 e. The lowest BCUT2D eigenvalue weighted by atomic mass is 9.96. The fourth-order valence-corrected chi connectivity index (χ4v) is 2.94. The Bertz CT molecular complexity index is 450. The van der Waals surface area contributed by atoms with Crippen molar-refractivity contribution in [2.45, 2.75) is 45.3 Å². The van der Waals surface area contributed by atoms with Gasteiger partial charge in [0.15, 0.2) is 0 Å². The molecule has 1 aromatic carbocycles. The topological polar surface area (TPSA) is 55.7 Å². The number of nitrogens with one attached hydrogen (secondary N) is 1. The van der Waals surface area contributed by atoms with Crippen LogP contribution >= 0.6 is 0 Å². The molecule has 1 aliphatic heterocycles. The van der Waals surface area contributed by atoms with Crippen molar-refractivity contribution in [2.75, 3.05) is 31.1 Å². The van der Waals surface area contributed by atoms with E-state index in [4.69, 9.17) is 5.11 Å². The maximum absolute atomic E-state index is 9.67. The van der Waals surface area contributed by atoms with Gasteiger partial charge in [0.05, 0.1) is 12.7 Å². The molecule has 4 nitrogen and oxygen atoms in total. The molecule has 0 radical (unpaired) electrons. The Labute approximate surface area is 127 Å². The zero-order valence-electron chi connectivity index (χ0n) is 13.2. The highest BCUT2D eigenvalue weighted by atomic mass is 16.3. The van der Waals surface area contributed by atoms with Crippen molar-refractivity contribution >= 4 is 5.69 Å². The number of benzene rings is 1. The maximum Gasteiger partial charge on any atom is 0.0945 e. The molecule has 2 rings (SSSR count). The summed E-state index contributed by atoms with van der Waals surface area (Å²) in [5.74, 6) is 0. The van der Waals surface area contributed by atoms with E-state index in [1.165, 1.54) is 16.8 Å². The van der Waals surface area contributed by atoms with Gasteiger partial charge >= 0.3 is 0 Å². The summed E-state index contributed by atoms with van der Waals surface area (Å²) < 4.78 is 0. The highest BCUT2D eigenvalue weighted by molar-refractivity contribution is 5.57. The maximum atomic E-state index is 9.67. The van der Waals surface area contributed by atoms with Crippen LogP contribution < -0.4 is 10.2 Å². The summed E-state index contributed by atoms with van der Waals surface area (Å²) in [5.41, 5.74) is 3.89. The molecule has 2 atom stereocenters. The largest absolute Gasteiger partial charge is 0.394 e. The summed E-state index contributed by atoms with van der Waals surface area (Å²) in [4.78, 5) is 2.19. The number of fused-ring (bicyclic) bond motifs is 1. The molecule has 118 valence electrons. The van der Waals surface area contributed by atoms with E-state index < -0.39 is 6.10 Å². The van der Waals surface area contributed by atoms with Crippen molar-refractivity contribution in [1.82, 2.24) is 5.32 Å². The lowest BCUT2D eigenvalue weighted by Crippen LogP contribution is -2.37. The van der Waals surface area contributed by atoms with E-state index in [0.717, 1.165) is 32.4 Å². The zero-order valence-corrected chi connectivity index (χ0v) is 13.2. The molecular weight excluding hydrogens is 264 g/mol. The molecule has 1 aliphatic rings. The minimum atomic E-state index is -0.666. The van der Waals surface area contributed by atoms with E-state index in [2.05, 4.69) is 42.3 Å². The first-order valence-corrected chi connectivity index (χ1v) is 8.05. The van der Waals surface area contributed by atoms with Crippen LogP contribution in [0.5, 0.6) is 0 Å². The van der Waals surface area contributed by atoms with Crippen molar-refractivity contribution in [3.63, 3.8) is 0 Å². The highest BCUT2D eigenvalue weighted by Crippen LogP contribution is 2.29.